The lowest BCUT2D eigenvalue weighted by molar-refractivity contribution is 0.184. The van der Waals surface area contributed by atoms with E-state index in [0.29, 0.717) is 0 Å². The van der Waals surface area contributed by atoms with E-state index < -0.39 is 0 Å². The van der Waals surface area contributed by atoms with Crippen LogP contribution < -0.4 is 0 Å². The summed E-state index contributed by atoms with van der Waals surface area (Å²) >= 11 is 8.78. The molecule has 0 atom stereocenters. The lowest BCUT2D eigenvalue weighted by atomic mass is 10.3. The predicted octanol–water partition coefficient (Wildman–Crippen LogP) is 1.35. The molecule has 0 spiro atoms. The van der Waals surface area contributed by atoms with Gasteiger partial charge >= 0.3 is 0 Å². The van der Waals surface area contributed by atoms with Gasteiger partial charge in [-0.15, -0.1) is 37.2 Å². The SMILES string of the molecule is Cl.Cl.Cl.SCCN1CCN2CCN(CCS)CCN(CC1)CC2. The van der Waals surface area contributed by atoms with Crippen molar-refractivity contribution in [1.82, 2.24) is 19.6 Å². The third kappa shape index (κ3) is 10.2. The normalized spacial score (nSPS) is 26.9. The van der Waals surface area contributed by atoms with E-state index in [9.17, 15) is 0 Å². The van der Waals surface area contributed by atoms with Gasteiger partial charge in [0.05, 0.1) is 0 Å². The van der Waals surface area contributed by atoms with Crippen molar-refractivity contribution in [2.75, 3.05) is 90.0 Å². The summed E-state index contributed by atoms with van der Waals surface area (Å²) in [5.74, 6) is 1.94. The highest BCUT2D eigenvalue weighted by atomic mass is 35.5. The number of halogens is 3. The van der Waals surface area contributed by atoms with Crippen LogP contribution in [0.5, 0.6) is 0 Å². The highest BCUT2D eigenvalue weighted by Gasteiger charge is 2.19. The van der Waals surface area contributed by atoms with Gasteiger partial charge in [0.2, 0.25) is 0 Å². The highest BCUT2D eigenvalue weighted by molar-refractivity contribution is 7.80. The lowest BCUT2D eigenvalue weighted by Gasteiger charge is -2.29. The third-order valence-electron chi connectivity index (χ3n) is 4.49. The van der Waals surface area contributed by atoms with E-state index in [2.05, 4.69) is 44.9 Å². The van der Waals surface area contributed by atoms with Gasteiger partial charge in [0.1, 0.15) is 0 Å². The first kappa shape index (κ1) is 26.6. The van der Waals surface area contributed by atoms with Gasteiger partial charge in [0.15, 0.2) is 0 Å². The monoisotopic (exact) mass is 426 g/mol. The first-order valence-corrected chi connectivity index (χ1v) is 9.19. The number of fused-ring (bicyclic) bond motifs is 3. The van der Waals surface area contributed by atoms with Crippen LogP contribution in [-0.4, -0.2) is 110 Å². The van der Waals surface area contributed by atoms with Gasteiger partial charge in [-0.25, -0.2) is 0 Å². The molecular weight excluding hydrogens is 395 g/mol. The first-order valence-electron chi connectivity index (χ1n) is 7.93. The van der Waals surface area contributed by atoms with Crippen molar-refractivity contribution in [3.63, 3.8) is 0 Å². The van der Waals surface area contributed by atoms with Crippen LogP contribution in [0.15, 0.2) is 0 Å². The van der Waals surface area contributed by atoms with E-state index in [4.69, 9.17) is 0 Å². The number of rotatable bonds is 4. The molecule has 0 N–H and O–H groups in total. The maximum Gasteiger partial charge on any atom is 0.0110 e. The molecule has 0 unspecified atom stereocenters. The minimum absolute atomic E-state index is 0. The molecule has 0 amide bonds. The number of hydrogen-bond donors (Lipinski definition) is 2. The second-order valence-corrected chi connectivity index (χ2v) is 6.71. The van der Waals surface area contributed by atoms with Gasteiger partial charge in [-0.3, -0.25) is 19.6 Å². The van der Waals surface area contributed by atoms with E-state index in [1.165, 1.54) is 65.4 Å². The zero-order valence-electron chi connectivity index (χ0n) is 13.8. The molecule has 2 aliphatic heterocycles. The zero-order chi connectivity index (χ0) is 14.2. The van der Waals surface area contributed by atoms with E-state index in [0.717, 1.165) is 24.6 Å². The van der Waals surface area contributed by atoms with E-state index in [1.807, 2.05) is 0 Å². The summed E-state index contributed by atoms with van der Waals surface area (Å²) in [6.07, 6.45) is 0. The summed E-state index contributed by atoms with van der Waals surface area (Å²) in [6, 6.07) is 0. The Labute approximate surface area is 171 Å². The van der Waals surface area contributed by atoms with Crippen molar-refractivity contribution >= 4 is 62.5 Å². The van der Waals surface area contributed by atoms with Crippen molar-refractivity contribution in [1.29, 1.82) is 0 Å². The Kier molecular flexibility index (Phi) is 18.1. The van der Waals surface area contributed by atoms with Gasteiger partial charge < -0.3 is 0 Å². The van der Waals surface area contributed by atoms with Crippen molar-refractivity contribution < 1.29 is 0 Å². The van der Waals surface area contributed by atoms with Gasteiger partial charge in [0, 0.05) is 90.0 Å². The summed E-state index contributed by atoms with van der Waals surface area (Å²) < 4.78 is 0. The summed E-state index contributed by atoms with van der Waals surface area (Å²) in [4.78, 5) is 10.4. The molecular formula is C14H33Cl3N4S2. The fourth-order valence-electron chi connectivity index (χ4n) is 3.04. The summed E-state index contributed by atoms with van der Waals surface area (Å²) in [7, 11) is 0. The number of nitrogens with zero attached hydrogens (tertiary/aromatic N) is 4. The van der Waals surface area contributed by atoms with Crippen molar-refractivity contribution in [3.8, 4) is 0 Å². The minimum atomic E-state index is 0. The number of thiol groups is 2. The molecule has 142 valence electrons. The van der Waals surface area contributed by atoms with Crippen molar-refractivity contribution in [2.45, 2.75) is 0 Å². The largest absolute Gasteiger partial charge is 0.300 e. The molecule has 0 aliphatic carbocycles. The topological polar surface area (TPSA) is 13.0 Å². The Morgan fingerprint density at radius 3 is 1.00 bits per heavy atom. The minimum Gasteiger partial charge on any atom is -0.300 e. The van der Waals surface area contributed by atoms with Gasteiger partial charge in [-0.2, -0.15) is 25.3 Å². The standard InChI is InChI=1S/C14H30N4S2.3ClH/c19-13-11-17-7-3-15-1-2-16(5-9-17)6-10-18(8-4-15)12-14-20;;;/h19-20H,1-14H2;3*1H. The fraction of sp³-hybridized carbons (Fsp3) is 1.00. The second-order valence-electron chi connectivity index (χ2n) is 5.81. The summed E-state index contributed by atoms with van der Waals surface area (Å²) in [5, 5.41) is 0. The Hall–Kier alpha value is 1.41. The van der Waals surface area contributed by atoms with Crippen LogP contribution in [0.2, 0.25) is 0 Å². The van der Waals surface area contributed by atoms with E-state index in [-0.39, 0.29) is 37.2 Å². The van der Waals surface area contributed by atoms with E-state index in [1.54, 1.807) is 0 Å². The second kappa shape index (κ2) is 15.6. The molecule has 2 bridgehead atoms. The molecule has 0 saturated carbocycles. The van der Waals surface area contributed by atoms with Crippen LogP contribution >= 0.6 is 62.5 Å². The van der Waals surface area contributed by atoms with Crippen molar-refractivity contribution in [3.05, 3.63) is 0 Å². The molecule has 2 rings (SSSR count). The molecule has 4 nitrogen and oxygen atoms in total. The van der Waals surface area contributed by atoms with Crippen LogP contribution in [-0.2, 0) is 0 Å². The van der Waals surface area contributed by atoms with Crippen LogP contribution in [0.4, 0.5) is 0 Å². The molecule has 2 fully saturated rings. The molecule has 0 aromatic heterocycles. The first-order chi connectivity index (χ1) is 9.81. The third-order valence-corrected chi connectivity index (χ3v) is 4.89. The zero-order valence-corrected chi connectivity index (χ0v) is 18.0. The molecule has 9 heteroatoms. The van der Waals surface area contributed by atoms with Crippen molar-refractivity contribution in [2.24, 2.45) is 0 Å². The maximum atomic E-state index is 4.39. The molecule has 0 aromatic rings. The summed E-state index contributed by atoms with van der Waals surface area (Å²) in [6.45, 7) is 14.3. The van der Waals surface area contributed by atoms with Crippen LogP contribution in [0.3, 0.4) is 0 Å². The predicted molar refractivity (Wildman–Crippen MR) is 115 cm³/mol. The smallest absolute Gasteiger partial charge is 0.0110 e. The molecule has 0 radical (unpaired) electrons. The average molecular weight is 428 g/mol. The van der Waals surface area contributed by atoms with E-state index >= 15 is 0 Å². The highest BCUT2D eigenvalue weighted by Crippen LogP contribution is 2.05. The Morgan fingerprint density at radius 2 is 0.739 bits per heavy atom. The Balaban J connectivity index is 0. The van der Waals surface area contributed by atoms with Crippen LogP contribution in [0.1, 0.15) is 0 Å². The molecule has 0 aromatic carbocycles. The molecule has 2 saturated heterocycles. The van der Waals surface area contributed by atoms with Gasteiger partial charge in [0.25, 0.3) is 0 Å². The molecule has 2 heterocycles. The molecule has 2 aliphatic rings. The fourth-order valence-corrected chi connectivity index (χ4v) is 3.60. The van der Waals surface area contributed by atoms with Crippen LogP contribution in [0, 0.1) is 0 Å². The average Bonchev–Trinajstić information content (AvgIpc) is 2.60. The quantitative estimate of drug-likeness (QED) is 0.657. The van der Waals surface area contributed by atoms with Gasteiger partial charge in [-0.05, 0) is 0 Å². The Bertz CT molecular complexity index is 238. The molecule has 23 heavy (non-hydrogen) atoms. The summed E-state index contributed by atoms with van der Waals surface area (Å²) in [5.41, 5.74) is 0. The van der Waals surface area contributed by atoms with Crippen LogP contribution in [0.25, 0.3) is 0 Å². The number of hydrogen-bond acceptors (Lipinski definition) is 6. The maximum absolute atomic E-state index is 4.39. The lowest BCUT2D eigenvalue weighted by Crippen LogP contribution is -2.42. The Morgan fingerprint density at radius 1 is 0.478 bits per heavy atom. The van der Waals surface area contributed by atoms with Gasteiger partial charge in [-0.1, -0.05) is 0 Å².